The molecule has 1 radical (unpaired) electrons. The fourth-order valence-corrected chi connectivity index (χ4v) is 15.1. The lowest BCUT2D eigenvalue weighted by molar-refractivity contribution is -0.148. The van der Waals surface area contributed by atoms with Gasteiger partial charge in [0.25, 0.3) is 0 Å². The maximum Gasteiger partial charge on any atom is 0.178 e. The van der Waals surface area contributed by atoms with Gasteiger partial charge in [-0.1, -0.05) is 65.3 Å². The Bertz CT molecular complexity index is 1520. The van der Waals surface area contributed by atoms with Gasteiger partial charge in [0.05, 0.1) is 6.10 Å². The Balaban J connectivity index is 1.09. The molecule has 0 aromatic carbocycles. The van der Waals surface area contributed by atoms with Crippen molar-refractivity contribution in [1.82, 2.24) is 0 Å². The molecule has 8 aliphatic rings. The van der Waals surface area contributed by atoms with E-state index in [0.717, 1.165) is 37.7 Å². The molecule has 16 atom stereocenters. The molecule has 4 nitrogen and oxygen atoms in total. The molecule has 1 unspecified atom stereocenters. The van der Waals surface area contributed by atoms with Crippen LogP contribution in [0.1, 0.15) is 105 Å². The van der Waals surface area contributed by atoms with Crippen LogP contribution in [0.4, 0.5) is 4.39 Å². The number of carbonyl (C=O) groups excluding carboxylic acids is 2. The zero-order valence-corrected chi connectivity index (χ0v) is 29.9. The molecule has 8 aliphatic carbocycles. The highest BCUT2D eigenvalue weighted by atomic mass is 19.1. The quantitative estimate of drug-likeness (QED) is 0.298. The highest BCUT2D eigenvalue weighted by Gasteiger charge is 2.67. The fourth-order valence-electron chi connectivity index (χ4n) is 15.1. The number of fused-ring (bicyclic) bond motifs is 10. The monoisotopic (exact) mass is 657 g/mol. The summed E-state index contributed by atoms with van der Waals surface area (Å²) in [5.74, 6) is 1.53. The third-order valence-electron chi connectivity index (χ3n) is 17.1. The second-order valence-corrected chi connectivity index (χ2v) is 18.7. The van der Waals surface area contributed by atoms with Gasteiger partial charge in [0.2, 0.25) is 0 Å². The van der Waals surface area contributed by atoms with Gasteiger partial charge in [-0.2, -0.15) is 0 Å². The number of rotatable bonds is 4. The number of allylic oxidation sites excluding steroid dienone is 7. The van der Waals surface area contributed by atoms with Crippen LogP contribution in [0.3, 0.4) is 0 Å². The third kappa shape index (κ3) is 4.25. The van der Waals surface area contributed by atoms with E-state index in [2.05, 4.69) is 46.8 Å². The zero-order chi connectivity index (χ0) is 34.1. The lowest BCUT2D eigenvalue weighted by atomic mass is 9.45. The van der Waals surface area contributed by atoms with E-state index < -0.39 is 35.1 Å². The molecule has 0 aromatic rings. The number of hydrogen-bond acceptors (Lipinski definition) is 4. The summed E-state index contributed by atoms with van der Waals surface area (Å²) in [7, 11) is 0. The maximum atomic E-state index is 16.0. The first-order valence-corrected chi connectivity index (χ1v) is 19.4. The molecule has 0 heterocycles. The van der Waals surface area contributed by atoms with Gasteiger partial charge < -0.3 is 10.2 Å². The van der Waals surface area contributed by atoms with Crippen molar-refractivity contribution in [2.24, 2.45) is 74.9 Å². The van der Waals surface area contributed by atoms with Crippen LogP contribution in [0, 0.1) is 81.8 Å². The van der Waals surface area contributed by atoms with Gasteiger partial charge in [0.1, 0.15) is 12.3 Å². The predicted molar refractivity (Wildman–Crippen MR) is 186 cm³/mol. The molecule has 6 fully saturated rings. The minimum absolute atomic E-state index is 0.0268. The number of hydrogen-bond donors (Lipinski definition) is 2. The molecular formula is C43H58FO4. The molecule has 0 spiro atoms. The Hall–Kier alpha value is -1.85. The highest BCUT2D eigenvalue weighted by Crippen LogP contribution is 2.70. The molecule has 0 bridgehead atoms. The van der Waals surface area contributed by atoms with Crippen molar-refractivity contribution in [2.45, 2.75) is 124 Å². The van der Waals surface area contributed by atoms with Gasteiger partial charge in [0.15, 0.2) is 11.6 Å². The Morgan fingerprint density at radius 2 is 1.79 bits per heavy atom. The molecular weight excluding hydrogens is 599 g/mol. The number of halogens is 1. The molecule has 48 heavy (non-hydrogen) atoms. The molecule has 0 aliphatic heterocycles. The maximum absolute atomic E-state index is 16.0. The Labute approximate surface area is 287 Å². The summed E-state index contributed by atoms with van der Waals surface area (Å²) in [5, 5.41) is 24.3. The van der Waals surface area contributed by atoms with Crippen LogP contribution in [0.2, 0.25) is 0 Å². The molecule has 8 rings (SSSR count). The van der Waals surface area contributed by atoms with Crippen LogP contribution in [-0.4, -0.2) is 40.2 Å². The minimum Gasteiger partial charge on any atom is -0.393 e. The molecule has 5 heteroatoms. The van der Waals surface area contributed by atoms with E-state index >= 15 is 4.39 Å². The van der Waals surface area contributed by atoms with Gasteiger partial charge in [-0.25, -0.2) is 4.39 Å². The van der Waals surface area contributed by atoms with Crippen LogP contribution in [0.15, 0.2) is 47.1 Å². The number of carbonyl (C=O) groups is 2. The van der Waals surface area contributed by atoms with E-state index in [9.17, 15) is 19.8 Å². The summed E-state index contributed by atoms with van der Waals surface area (Å²) in [6.07, 6.45) is 16.7. The van der Waals surface area contributed by atoms with Crippen molar-refractivity contribution >= 4 is 11.6 Å². The van der Waals surface area contributed by atoms with E-state index in [1.807, 2.05) is 13.0 Å². The second-order valence-electron chi connectivity index (χ2n) is 18.7. The van der Waals surface area contributed by atoms with Gasteiger partial charge >= 0.3 is 0 Å². The van der Waals surface area contributed by atoms with Crippen LogP contribution in [0.25, 0.3) is 0 Å². The van der Waals surface area contributed by atoms with E-state index in [0.29, 0.717) is 41.1 Å². The van der Waals surface area contributed by atoms with Crippen molar-refractivity contribution in [2.75, 3.05) is 0 Å². The van der Waals surface area contributed by atoms with E-state index in [1.165, 1.54) is 43.4 Å². The molecule has 6 saturated carbocycles. The predicted octanol–water partition coefficient (Wildman–Crippen LogP) is 8.34. The normalized spacial score (nSPS) is 52.8. The Morgan fingerprint density at radius 3 is 2.54 bits per heavy atom. The SMILES string of the molecule is [CH2]C[C@H]1CC[C@H]2[C@@H]3CCC4=CCC=C(C(O)C(=O)[C@H]5[C@H](C)C[C@H]6[C@@H]7C[C@H](F)C8=CC(=O)C=C[C@]8(C)[C@H]7[C@@H](O)C[C@@]65C)[C@]4(C)[C@H]3CC[C@]12C. The molecule has 2 N–H and O–H groups in total. The average Bonchev–Trinajstić information content (AvgIpc) is 3.52. The van der Waals surface area contributed by atoms with Crippen LogP contribution in [0.5, 0.6) is 0 Å². The fraction of sp³-hybridized carbons (Fsp3) is 0.744. The standard InChI is InChI=1S/C43H58FO4/c1-7-24-12-14-29-27-13-11-25-9-8-10-31(43(25,6)30(27)16-18-40(24,29)3)38(47)39(48)36-23(2)19-32-28-21-34(44)33-20-26(45)15-17-41(33,4)37(28)35(46)22-42(32,36)5/h9-10,15,17,20,23-24,27-30,32,34-38,46-47H,1,7-8,11-14,16,18-19,21-22H2,2-6H3/t23-,24+,27+,28+,29+,30+,32+,34+,35+,36-,37-,38?,40-,41+,42+,43+/m1/s1. The minimum atomic E-state index is -1.24. The van der Waals surface area contributed by atoms with Gasteiger partial charge in [-0.05, 0) is 146 Å². The Kier molecular flexibility index (Phi) is 7.68. The number of alkyl halides is 1. The van der Waals surface area contributed by atoms with Gasteiger partial charge in [0, 0.05) is 22.7 Å². The molecule has 0 saturated heterocycles. The first-order chi connectivity index (χ1) is 22.7. The molecule has 0 aromatic heterocycles. The summed E-state index contributed by atoms with van der Waals surface area (Å²) in [6.45, 7) is 15.5. The summed E-state index contributed by atoms with van der Waals surface area (Å²) < 4.78 is 16.0. The second kappa shape index (κ2) is 11.1. The largest absolute Gasteiger partial charge is 0.393 e. The van der Waals surface area contributed by atoms with Crippen LogP contribution >= 0.6 is 0 Å². The lowest BCUT2D eigenvalue weighted by Crippen LogP contribution is -2.59. The smallest absolute Gasteiger partial charge is 0.178 e. The summed E-state index contributed by atoms with van der Waals surface area (Å²) in [6, 6.07) is 0. The van der Waals surface area contributed by atoms with E-state index in [4.69, 9.17) is 0 Å². The van der Waals surface area contributed by atoms with Crippen LogP contribution < -0.4 is 0 Å². The third-order valence-corrected chi connectivity index (χ3v) is 17.1. The lowest BCUT2D eigenvalue weighted by Gasteiger charge is -2.60. The number of Topliss-reactive ketones (excluding diaryl/α,β-unsaturated/α-hetero) is 1. The van der Waals surface area contributed by atoms with Crippen molar-refractivity contribution in [3.05, 3.63) is 54.0 Å². The van der Waals surface area contributed by atoms with E-state index in [1.54, 1.807) is 0 Å². The average molecular weight is 658 g/mol. The van der Waals surface area contributed by atoms with Crippen LogP contribution in [-0.2, 0) is 9.59 Å². The van der Waals surface area contributed by atoms with E-state index in [-0.39, 0.29) is 47.1 Å². The Morgan fingerprint density at radius 1 is 1.02 bits per heavy atom. The first kappa shape index (κ1) is 33.3. The summed E-state index contributed by atoms with van der Waals surface area (Å²) in [5.41, 5.74) is 1.65. The summed E-state index contributed by atoms with van der Waals surface area (Å²) >= 11 is 0. The molecule has 0 amide bonds. The topological polar surface area (TPSA) is 74.6 Å². The number of ketones is 2. The highest BCUT2D eigenvalue weighted by molar-refractivity contribution is 6.01. The zero-order valence-electron chi connectivity index (χ0n) is 29.9. The van der Waals surface area contributed by atoms with Gasteiger partial charge in [-0.15, -0.1) is 0 Å². The van der Waals surface area contributed by atoms with Crippen molar-refractivity contribution in [1.29, 1.82) is 0 Å². The van der Waals surface area contributed by atoms with Crippen molar-refractivity contribution in [3.8, 4) is 0 Å². The number of aliphatic hydroxyl groups excluding tert-OH is 2. The molecule has 261 valence electrons. The van der Waals surface area contributed by atoms with Crippen molar-refractivity contribution < 1.29 is 24.2 Å². The first-order valence-electron chi connectivity index (χ1n) is 19.4. The van der Waals surface area contributed by atoms with Crippen molar-refractivity contribution in [3.63, 3.8) is 0 Å². The van der Waals surface area contributed by atoms with Gasteiger partial charge in [-0.3, -0.25) is 9.59 Å². The summed E-state index contributed by atoms with van der Waals surface area (Å²) in [4.78, 5) is 27.2. The number of aliphatic hydroxyl groups is 2.